The number of nitrogens with zero attached hydrogens (tertiary/aromatic N) is 2. The van der Waals surface area contributed by atoms with E-state index >= 15 is 0 Å². The quantitative estimate of drug-likeness (QED) is 0.640. The predicted molar refractivity (Wildman–Crippen MR) is 34.7 cm³/mol. The summed E-state index contributed by atoms with van der Waals surface area (Å²) < 4.78 is 53.9. The van der Waals surface area contributed by atoms with Crippen LogP contribution in [0.15, 0.2) is 0 Å². The van der Waals surface area contributed by atoms with Crippen LogP contribution in [-0.4, -0.2) is 16.9 Å². The molecule has 3 nitrogen and oxygen atoms in total. The fourth-order valence-electron chi connectivity index (χ4n) is 0.850. The van der Waals surface area contributed by atoms with Crippen molar-refractivity contribution in [2.75, 3.05) is 7.11 Å². The van der Waals surface area contributed by atoms with Crippen molar-refractivity contribution in [2.45, 2.75) is 6.18 Å². The van der Waals surface area contributed by atoms with Crippen molar-refractivity contribution in [1.29, 1.82) is 0 Å². The lowest BCUT2D eigenvalue weighted by molar-refractivity contribution is -0.142. The summed E-state index contributed by atoms with van der Waals surface area (Å²) >= 11 is 0. The van der Waals surface area contributed by atoms with Gasteiger partial charge in [-0.2, -0.15) is 22.7 Å². The Labute approximate surface area is 70.9 Å². The summed E-state index contributed by atoms with van der Waals surface area (Å²) in [7, 11) is 2.02. The van der Waals surface area contributed by atoms with Gasteiger partial charge in [-0.1, -0.05) is 0 Å². The highest BCUT2D eigenvalue weighted by molar-refractivity contribution is 5.28. The zero-order valence-electron chi connectivity index (χ0n) is 6.81. The summed E-state index contributed by atoms with van der Waals surface area (Å²) in [6, 6.07) is 0. The number of alkyl halides is 3. The maximum Gasteiger partial charge on any atom is 0.439 e. The van der Waals surface area contributed by atoms with Crippen molar-refractivity contribution in [1.82, 2.24) is 9.78 Å². The first-order valence-corrected chi connectivity index (χ1v) is 3.21. The van der Waals surface area contributed by atoms with Crippen molar-refractivity contribution in [3.05, 3.63) is 11.6 Å². The van der Waals surface area contributed by atoms with Crippen molar-refractivity contribution in [3.63, 3.8) is 0 Å². The van der Waals surface area contributed by atoms with Crippen molar-refractivity contribution in [3.8, 4) is 5.75 Å². The van der Waals surface area contributed by atoms with Crippen LogP contribution >= 0.6 is 0 Å². The lowest BCUT2D eigenvalue weighted by Crippen LogP contribution is -2.08. The fraction of sp³-hybridized carbons (Fsp3) is 0.500. The second-order valence-corrected chi connectivity index (χ2v) is 2.29. The maximum absolute atomic E-state index is 12.8. The van der Waals surface area contributed by atoms with E-state index in [4.69, 9.17) is 0 Å². The van der Waals surface area contributed by atoms with Gasteiger partial charge in [0.1, 0.15) is 0 Å². The first-order chi connectivity index (χ1) is 5.88. The zero-order valence-corrected chi connectivity index (χ0v) is 6.81. The summed E-state index contributed by atoms with van der Waals surface area (Å²) in [5, 5.41) is 2.94. The number of halogens is 4. The molecule has 0 radical (unpaired) electrons. The third-order valence-electron chi connectivity index (χ3n) is 1.41. The molecule has 1 rings (SSSR count). The number of hydrogen-bond donors (Lipinski definition) is 0. The molecule has 74 valence electrons. The molecule has 1 aromatic heterocycles. The van der Waals surface area contributed by atoms with Gasteiger partial charge in [0.2, 0.25) is 11.4 Å². The van der Waals surface area contributed by atoms with E-state index in [0.717, 1.165) is 14.2 Å². The minimum Gasteiger partial charge on any atom is -0.490 e. The van der Waals surface area contributed by atoms with Crippen LogP contribution in [0.2, 0.25) is 0 Å². The summed E-state index contributed by atoms with van der Waals surface area (Å²) in [5.41, 5.74) is -1.35. The number of aryl methyl sites for hydroxylation is 1. The summed E-state index contributed by atoms with van der Waals surface area (Å²) in [6.45, 7) is 0. The third kappa shape index (κ3) is 1.58. The molecule has 0 atom stereocenters. The average molecular weight is 198 g/mol. The van der Waals surface area contributed by atoms with Gasteiger partial charge >= 0.3 is 6.18 Å². The molecule has 0 saturated heterocycles. The van der Waals surface area contributed by atoms with Crippen LogP contribution in [0.25, 0.3) is 0 Å². The normalized spacial score (nSPS) is 11.8. The second kappa shape index (κ2) is 2.90. The Kier molecular flexibility index (Phi) is 2.19. The number of methoxy groups -OCH3 is 1. The summed E-state index contributed by atoms with van der Waals surface area (Å²) in [5.74, 6) is -2.02. The molecule has 0 fully saturated rings. The van der Waals surface area contributed by atoms with Crippen LogP contribution in [0, 0.1) is 5.95 Å². The first kappa shape index (κ1) is 9.82. The molecule has 0 amide bonds. The zero-order chi connectivity index (χ0) is 10.2. The van der Waals surface area contributed by atoms with E-state index in [1.165, 1.54) is 0 Å². The van der Waals surface area contributed by atoms with E-state index < -0.39 is 23.6 Å². The molecule has 1 aromatic rings. The molecule has 0 aromatic carbocycles. The minimum absolute atomic E-state index is 0.474. The Morgan fingerprint density at radius 2 is 1.92 bits per heavy atom. The highest BCUT2D eigenvalue weighted by atomic mass is 19.4. The van der Waals surface area contributed by atoms with E-state index in [2.05, 4.69) is 9.84 Å². The van der Waals surface area contributed by atoms with Gasteiger partial charge in [0, 0.05) is 7.05 Å². The van der Waals surface area contributed by atoms with Gasteiger partial charge in [-0.05, 0) is 0 Å². The second-order valence-electron chi connectivity index (χ2n) is 2.29. The minimum atomic E-state index is -4.70. The molecular weight excluding hydrogens is 192 g/mol. The summed E-state index contributed by atoms with van der Waals surface area (Å²) in [6.07, 6.45) is -4.70. The molecule has 0 aliphatic rings. The van der Waals surface area contributed by atoms with Gasteiger partial charge in [-0.25, -0.2) is 4.68 Å². The van der Waals surface area contributed by atoms with Gasteiger partial charge in [-0.3, -0.25) is 0 Å². The Balaban J connectivity index is 3.30. The molecule has 0 spiro atoms. The third-order valence-corrected chi connectivity index (χ3v) is 1.41. The number of hydrogen-bond acceptors (Lipinski definition) is 2. The first-order valence-electron chi connectivity index (χ1n) is 3.21. The van der Waals surface area contributed by atoms with Gasteiger partial charge in [0.05, 0.1) is 7.11 Å². The van der Waals surface area contributed by atoms with Crippen molar-refractivity contribution in [2.24, 2.45) is 7.05 Å². The van der Waals surface area contributed by atoms with E-state index in [9.17, 15) is 17.6 Å². The van der Waals surface area contributed by atoms with Crippen LogP contribution in [0.1, 0.15) is 5.69 Å². The predicted octanol–water partition coefficient (Wildman–Crippen LogP) is 1.59. The highest BCUT2D eigenvalue weighted by Gasteiger charge is 2.40. The topological polar surface area (TPSA) is 27.1 Å². The average Bonchev–Trinajstić information content (AvgIpc) is 2.28. The van der Waals surface area contributed by atoms with Crippen molar-refractivity contribution < 1.29 is 22.3 Å². The number of rotatable bonds is 1. The molecule has 0 bridgehead atoms. The van der Waals surface area contributed by atoms with E-state index in [0.29, 0.717) is 4.68 Å². The van der Waals surface area contributed by atoms with Crippen LogP contribution < -0.4 is 4.74 Å². The highest BCUT2D eigenvalue weighted by Crippen LogP contribution is 2.36. The van der Waals surface area contributed by atoms with E-state index in [1.54, 1.807) is 0 Å². The number of ether oxygens (including phenoxy) is 1. The van der Waals surface area contributed by atoms with E-state index in [1.807, 2.05) is 0 Å². The smallest absolute Gasteiger partial charge is 0.439 e. The van der Waals surface area contributed by atoms with Gasteiger partial charge in [0.15, 0.2) is 0 Å². The molecule has 0 unspecified atom stereocenters. The van der Waals surface area contributed by atoms with Gasteiger partial charge in [0.25, 0.3) is 5.95 Å². The standard InChI is InChI=1S/C6H6F4N2O/c1-12-5(7)3(13-2)4(11-12)6(8,9)10/h1-2H3. The molecule has 0 saturated carbocycles. The molecular formula is C6H6F4N2O. The lowest BCUT2D eigenvalue weighted by atomic mass is 10.4. The largest absolute Gasteiger partial charge is 0.490 e. The van der Waals surface area contributed by atoms with E-state index in [-0.39, 0.29) is 0 Å². The van der Waals surface area contributed by atoms with Crippen LogP contribution in [0.4, 0.5) is 17.6 Å². The molecule has 1 heterocycles. The molecule has 7 heteroatoms. The van der Waals surface area contributed by atoms with Crippen LogP contribution in [0.3, 0.4) is 0 Å². The lowest BCUT2D eigenvalue weighted by Gasteiger charge is -2.03. The summed E-state index contributed by atoms with van der Waals surface area (Å²) in [4.78, 5) is 0. The molecule has 0 aliphatic carbocycles. The SMILES string of the molecule is COc1c(C(F)(F)F)nn(C)c1F. The van der Waals surface area contributed by atoms with Crippen LogP contribution in [-0.2, 0) is 13.2 Å². The Bertz CT molecular complexity index is 317. The van der Waals surface area contributed by atoms with Crippen molar-refractivity contribution >= 4 is 0 Å². The molecule has 0 N–H and O–H groups in total. The van der Waals surface area contributed by atoms with Gasteiger partial charge in [-0.15, -0.1) is 0 Å². The molecule has 0 aliphatic heterocycles. The number of aromatic nitrogens is 2. The monoisotopic (exact) mass is 198 g/mol. The molecule has 13 heavy (non-hydrogen) atoms. The Morgan fingerprint density at radius 1 is 1.38 bits per heavy atom. The fourth-order valence-corrected chi connectivity index (χ4v) is 0.850. The van der Waals surface area contributed by atoms with Gasteiger partial charge < -0.3 is 4.74 Å². The Morgan fingerprint density at radius 3 is 2.23 bits per heavy atom. The Hall–Kier alpha value is -1.27. The van der Waals surface area contributed by atoms with Crippen LogP contribution in [0.5, 0.6) is 5.75 Å². The maximum atomic E-state index is 12.8.